The third kappa shape index (κ3) is 4.54. The Kier molecular flexibility index (Phi) is 6.57. The molecule has 3 amide bonds. The van der Waals surface area contributed by atoms with Crippen molar-refractivity contribution < 1.29 is 18.8 Å². The molecule has 0 N–H and O–H groups in total. The van der Waals surface area contributed by atoms with Gasteiger partial charge >= 0.3 is 0 Å². The highest BCUT2D eigenvalue weighted by Crippen LogP contribution is 2.29. The number of hydrogen-bond donors (Lipinski definition) is 0. The normalized spacial score (nSPS) is 15.8. The van der Waals surface area contributed by atoms with Crippen molar-refractivity contribution in [2.24, 2.45) is 0 Å². The topological polar surface area (TPSA) is 57.7 Å². The SMILES string of the molecule is O=C1CC(N(Cc2ccccc2Cl)C(=O)c2ccc(F)cc2)C(=O)N1c1ccc(I)cc1. The molecule has 3 aromatic carbocycles. The second-order valence-corrected chi connectivity index (χ2v) is 8.95. The molecule has 0 saturated carbocycles. The lowest BCUT2D eigenvalue weighted by Gasteiger charge is -2.28. The van der Waals surface area contributed by atoms with Crippen molar-refractivity contribution in [1.29, 1.82) is 0 Å². The van der Waals surface area contributed by atoms with Crippen molar-refractivity contribution in [3.63, 3.8) is 0 Å². The van der Waals surface area contributed by atoms with Crippen LogP contribution < -0.4 is 4.90 Å². The minimum Gasteiger partial charge on any atom is -0.322 e. The molecule has 0 aromatic heterocycles. The summed E-state index contributed by atoms with van der Waals surface area (Å²) in [6, 6.07) is 18.1. The molecule has 1 aliphatic rings. The van der Waals surface area contributed by atoms with Crippen LogP contribution in [0.4, 0.5) is 10.1 Å². The fraction of sp³-hybridized carbons (Fsp3) is 0.125. The highest BCUT2D eigenvalue weighted by atomic mass is 127. The van der Waals surface area contributed by atoms with Gasteiger partial charge in [-0.2, -0.15) is 0 Å². The Balaban J connectivity index is 1.70. The number of anilines is 1. The molecule has 162 valence electrons. The first-order valence-corrected chi connectivity index (χ1v) is 11.2. The molecule has 1 saturated heterocycles. The average Bonchev–Trinajstić information content (AvgIpc) is 3.07. The first-order chi connectivity index (χ1) is 15.3. The number of rotatable bonds is 5. The monoisotopic (exact) mass is 562 g/mol. The Morgan fingerprint density at radius 2 is 1.69 bits per heavy atom. The van der Waals surface area contributed by atoms with Crippen molar-refractivity contribution >= 4 is 57.6 Å². The van der Waals surface area contributed by atoms with Crippen molar-refractivity contribution in [3.05, 3.63) is 98.3 Å². The third-order valence-corrected chi connectivity index (χ3v) is 6.32. The van der Waals surface area contributed by atoms with Crippen LogP contribution in [0.1, 0.15) is 22.3 Å². The average molecular weight is 563 g/mol. The predicted molar refractivity (Wildman–Crippen MR) is 128 cm³/mol. The summed E-state index contributed by atoms with van der Waals surface area (Å²) in [5, 5.41) is 0.440. The van der Waals surface area contributed by atoms with Gasteiger partial charge in [-0.25, -0.2) is 9.29 Å². The highest BCUT2D eigenvalue weighted by Gasteiger charge is 2.44. The van der Waals surface area contributed by atoms with Crippen molar-refractivity contribution in [3.8, 4) is 0 Å². The summed E-state index contributed by atoms with van der Waals surface area (Å²) in [6.07, 6.45) is -0.151. The quantitative estimate of drug-likeness (QED) is 0.323. The summed E-state index contributed by atoms with van der Waals surface area (Å²) in [5.74, 6) is -1.84. The van der Waals surface area contributed by atoms with E-state index < -0.39 is 29.6 Å². The van der Waals surface area contributed by atoms with Crippen molar-refractivity contribution in [2.75, 3.05) is 4.90 Å². The van der Waals surface area contributed by atoms with Gasteiger partial charge in [-0.05, 0) is 82.8 Å². The number of halogens is 3. The third-order valence-electron chi connectivity index (χ3n) is 5.23. The molecule has 0 aliphatic carbocycles. The molecule has 32 heavy (non-hydrogen) atoms. The molecular weight excluding hydrogens is 546 g/mol. The summed E-state index contributed by atoms with van der Waals surface area (Å²) in [6.45, 7) is 0.0279. The molecule has 1 heterocycles. The molecular formula is C24H17ClFIN2O3. The molecule has 3 aromatic rings. The zero-order valence-electron chi connectivity index (χ0n) is 16.7. The van der Waals surface area contributed by atoms with E-state index in [1.54, 1.807) is 48.5 Å². The second-order valence-electron chi connectivity index (χ2n) is 7.30. The Morgan fingerprint density at radius 1 is 1.03 bits per heavy atom. The van der Waals surface area contributed by atoms with Crippen LogP contribution in [0.3, 0.4) is 0 Å². The molecule has 8 heteroatoms. The van der Waals surface area contributed by atoms with E-state index in [0.29, 0.717) is 16.3 Å². The summed E-state index contributed by atoms with van der Waals surface area (Å²) < 4.78 is 14.4. The maximum absolute atomic E-state index is 13.4. The number of hydrogen-bond acceptors (Lipinski definition) is 3. The number of amides is 3. The Labute approximate surface area is 202 Å². The second kappa shape index (κ2) is 9.38. The van der Waals surface area contributed by atoms with Gasteiger partial charge in [0.2, 0.25) is 5.91 Å². The zero-order valence-corrected chi connectivity index (χ0v) is 19.6. The van der Waals surface area contributed by atoms with Crippen LogP contribution in [0.25, 0.3) is 0 Å². The Hall–Kier alpha value is -2.78. The number of nitrogens with zero attached hydrogens (tertiary/aromatic N) is 2. The molecule has 1 unspecified atom stereocenters. The smallest absolute Gasteiger partial charge is 0.257 e. The lowest BCUT2D eigenvalue weighted by molar-refractivity contribution is -0.122. The number of imide groups is 1. The molecule has 0 radical (unpaired) electrons. The first-order valence-electron chi connectivity index (χ1n) is 9.77. The van der Waals surface area contributed by atoms with Gasteiger partial charge in [0.25, 0.3) is 11.8 Å². The lowest BCUT2D eigenvalue weighted by atomic mass is 10.1. The van der Waals surface area contributed by atoms with E-state index in [0.717, 1.165) is 8.47 Å². The van der Waals surface area contributed by atoms with Crippen LogP contribution in [0.15, 0.2) is 72.8 Å². The van der Waals surface area contributed by atoms with Crippen LogP contribution in [0.2, 0.25) is 5.02 Å². The minimum absolute atomic E-state index is 0.0279. The van der Waals surface area contributed by atoms with E-state index >= 15 is 0 Å². The predicted octanol–water partition coefficient (Wildman–Crippen LogP) is 5.06. The highest BCUT2D eigenvalue weighted by molar-refractivity contribution is 14.1. The molecule has 0 spiro atoms. The van der Waals surface area contributed by atoms with Crippen LogP contribution in [0.5, 0.6) is 0 Å². The zero-order chi connectivity index (χ0) is 22.8. The van der Waals surface area contributed by atoms with E-state index in [2.05, 4.69) is 22.6 Å². The van der Waals surface area contributed by atoms with E-state index in [1.165, 1.54) is 29.2 Å². The Morgan fingerprint density at radius 3 is 2.34 bits per heavy atom. The van der Waals surface area contributed by atoms with Crippen molar-refractivity contribution in [1.82, 2.24) is 4.90 Å². The van der Waals surface area contributed by atoms with Gasteiger partial charge in [0.05, 0.1) is 12.1 Å². The maximum atomic E-state index is 13.4. The van der Waals surface area contributed by atoms with E-state index in [9.17, 15) is 18.8 Å². The summed E-state index contributed by atoms with van der Waals surface area (Å²) in [4.78, 5) is 41.9. The minimum atomic E-state index is -1.00. The fourth-order valence-electron chi connectivity index (χ4n) is 3.61. The van der Waals surface area contributed by atoms with E-state index in [-0.39, 0.29) is 18.5 Å². The van der Waals surface area contributed by atoms with Crippen molar-refractivity contribution in [2.45, 2.75) is 19.0 Å². The van der Waals surface area contributed by atoms with Crippen LogP contribution in [-0.2, 0) is 16.1 Å². The van der Waals surface area contributed by atoms with Crippen LogP contribution in [0, 0.1) is 9.39 Å². The molecule has 0 bridgehead atoms. The molecule has 1 atom stereocenters. The summed E-state index contributed by atoms with van der Waals surface area (Å²) >= 11 is 8.44. The summed E-state index contributed by atoms with van der Waals surface area (Å²) in [5.41, 5.74) is 1.30. The standard InChI is InChI=1S/C24H17ClFIN2O3/c25-20-4-2-1-3-16(20)14-28(23(31)15-5-7-17(26)8-6-15)21-13-22(30)29(24(21)32)19-11-9-18(27)10-12-19/h1-12,21H,13-14H2. The van der Waals surface area contributed by atoms with Crippen LogP contribution >= 0.6 is 34.2 Å². The van der Waals surface area contributed by atoms with Gasteiger partial charge in [0, 0.05) is 20.7 Å². The van der Waals surface area contributed by atoms with Gasteiger partial charge in [0.15, 0.2) is 0 Å². The number of carbonyl (C=O) groups is 3. The summed E-state index contributed by atoms with van der Waals surface area (Å²) in [7, 11) is 0. The lowest BCUT2D eigenvalue weighted by Crippen LogP contribution is -2.45. The van der Waals surface area contributed by atoms with Gasteiger partial charge in [0.1, 0.15) is 11.9 Å². The van der Waals surface area contributed by atoms with Gasteiger partial charge in [-0.3, -0.25) is 14.4 Å². The molecule has 4 rings (SSSR count). The molecule has 1 fully saturated rings. The van der Waals surface area contributed by atoms with Gasteiger partial charge in [-0.1, -0.05) is 29.8 Å². The van der Waals surface area contributed by atoms with E-state index in [1.807, 2.05) is 0 Å². The fourth-order valence-corrected chi connectivity index (χ4v) is 4.17. The van der Waals surface area contributed by atoms with E-state index in [4.69, 9.17) is 11.6 Å². The first kappa shape index (κ1) is 22.4. The maximum Gasteiger partial charge on any atom is 0.257 e. The largest absolute Gasteiger partial charge is 0.322 e. The number of carbonyl (C=O) groups excluding carboxylic acids is 3. The molecule has 1 aliphatic heterocycles. The number of benzene rings is 3. The van der Waals surface area contributed by atoms with Gasteiger partial charge < -0.3 is 4.90 Å². The Bertz CT molecular complexity index is 1180. The van der Waals surface area contributed by atoms with Crippen LogP contribution in [-0.4, -0.2) is 28.7 Å². The molecule has 5 nitrogen and oxygen atoms in total. The van der Waals surface area contributed by atoms with Gasteiger partial charge in [-0.15, -0.1) is 0 Å².